The Bertz CT molecular complexity index is 547. The summed E-state index contributed by atoms with van der Waals surface area (Å²) >= 11 is 1.39. The molecule has 1 aliphatic heterocycles. The quantitative estimate of drug-likeness (QED) is 0.656. The van der Waals surface area contributed by atoms with Crippen molar-refractivity contribution < 1.29 is 14.0 Å². The maximum Gasteiger partial charge on any atom is 0.243 e. The number of amides is 2. The van der Waals surface area contributed by atoms with E-state index in [0.29, 0.717) is 37.2 Å². The molecule has 2 rings (SSSR count). The lowest BCUT2D eigenvalue weighted by Gasteiger charge is -2.28. The molecule has 0 spiro atoms. The van der Waals surface area contributed by atoms with E-state index in [-0.39, 0.29) is 35.3 Å². The number of nitrogens with one attached hydrogen (secondary N) is 2. The van der Waals surface area contributed by atoms with Crippen LogP contribution < -0.4 is 16.4 Å². The zero-order chi connectivity index (χ0) is 15.9. The van der Waals surface area contributed by atoms with Gasteiger partial charge in [0.1, 0.15) is 11.9 Å². The Balaban J connectivity index is 0.00000264. The van der Waals surface area contributed by atoms with Gasteiger partial charge in [-0.25, -0.2) is 4.39 Å². The molecule has 128 valence electrons. The highest BCUT2D eigenvalue weighted by Gasteiger charge is 2.32. The maximum absolute atomic E-state index is 13.6. The Morgan fingerprint density at radius 3 is 2.83 bits per heavy atom. The Hall–Kier alpha value is -1.31. The number of hydrogen-bond acceptors (Lipinski definition) is 4. The van der Waals surface area contributed by atoms with Gasteiger partial charge in [0.2, 0.25) is 11.8 Å². The number of carbonyl (C=O) groups is 2. The van der Waals surface area contributed by atoms with Crippen molar-refractivity contribution in [3.63, 3.8) is 0 Å². The second-order valence-electron chi connectivity index (χ2n) is 5.11. The topological polar surface area (TPSA) is 84.2 Å². The zero-order valence-electron chi connectivity index (χ0n) is 12.6. The molecule has 4 N–H and O–H groups in total. The molecule has 2 amide bonds. The highest BCUT2D eigenvalue weighted by atomic mass is 35.5. The van der Waals surface area contributed by atoms with E-state index in [0.717, 1.165) is 0 Å². The van der Waals surface area contributed by atoms with Gasteiger partial charge >= 0.3 is 0 Å². The molecule has 0 aromatic heterocycles. The lowest BCUT2D eigenvalue weighted by atomic mass is 10.1. The number of hydrogen-bond donors (Lipinski definition) is 3. The summed E-state index contributed by atoms with van der Waals surface area (Å²) in [5.41, 5.74) is 5.88. The summed E-state index contributed by atoms with van der Waals surface area (Å²) in [5.74, 6) is -0.242. The van der Waals surface area contributed by atoms with E-state index in [4.69, 9.17) is 5.73 Å². The summed E-state index contributed by atoms with van der Waals surface area (Å²) in [6, 6.07) is 5.89. The SMILES string of the molecule is Cl.NCCCNC(=O)C1CSC(Cc2ccccc2F)C(=O)N1. The van der Waals surface area contributed by atoms with Crippen LogP contribution in [-0.2, 0) is 16.0 Å². The molecule has 1 aromatic rings. The predicted octanol–water partition coefficient (Wildman–Crippen LogP) is 0.855. The van der Waals surface area contributed by atoms with Gasteiger partial charge in [-0.05, 0) is 31.0 Å². The van der Waals surface area contributed by atoms with E-state index in [9.17, 15) is 14.0 Å². The van der Waals surface area contributed by atoms with Gasteiger partial charge in [-0.3, -0.25) is 9.59 Å². The Morgan fingerprint density at radius 1 is 1.43 bits per heavy atom. The van der Waals surface area contributed by atoms with Crippen LogP contribution in [0.1, 0.15) is 12.0 Å². The van der Waals surface area contributed by atoms with E-state index in [1.54, 1.807) is 18.2 Å². The van der Waals surface area contributed by atoms with Crippen LogP contribution in [0.25, 0.3) is 0 Å². The van der Waals surface area contributed by atoms with E-state index >= 15 is 0 Å². The maximum atomic E-state index is 13.6. The standard InChI is InChI=1S/C15H20FN3O2S.ClH/c16-11-5-2-1-4-10(11)8-13-15(21)19-12(9-22-13)14(20)18-7-3-6-17;/h1-2,4-5,12-13H,3,6-9,17H2,(H,18,20)(H,19,21);1H. The van der Waals surface area contributed by atoms with Crippen LogP contribution in [0, 0.1) is 5.82 Å². The van der Waals surface area contributed by atoms with Crippen molar-refractivity contribution in [1.29, 1.82) is 0 Å². The molecule has 0 radical (unpaired) electrons. The Morgan fingerprint density at radius 2 is 2.17 bits per heavy atom. The summed E-state index contributed by atoms with van der Waals surface area (Å²) in [6.07, 6.45) is 1.03. The molecule has 2 atom stereocenters. The third-order valence-electron chi connectivity index (χ3n) is 3.43. The minimum Gasteiger partial charge on any atom is -0.354 e. The molecule has 5 nitrogen and oxygen atoms in total. The van der Waals surface area contributed by atoms with E-state index in [2.05, 4.69) is 10.6 Å². The monoisotopic (exact) mass is 361 g/mol. The van der Waals surface area contributed by atoms with E-state index in [1.807, 2.05) is 0 Å². The molecule has 0 aliphatic carbocycles. The van der Waals surface area contributed by atoms with Gasteiger partial charge in [0.05, 0.1) is 5.25 Å². The fraction of sp³-hybridized carbons (Fsp3) is 0.467. The number of thioether (sulfide) groups is 1. The summed E-state index contributed by atoms with van der Waals surface area (Å²) < 4.78 is 13.6. The van der Waals surface area contributed by atoms with E-state index < -0.39 is 6.04 Å². The molecular formula is C15H21ClFN3O2S. The van der Waals surface area contributed by atoms with Crippen molar-refractivity contribution in [3.05, 3.63) is 35.6 Å². The highest BCUT2D eigenvalue weighted by Crippen LogP contribution is 2.23. The minimum atomic E-state index is -0.535. The molecule has 23 heavy (non-hydrogen) atoms. The molecule has 0 saturated carbocycles. The first-order valence-electron chi connectivity index (χ1n) is 7.25. The largest absolute Gasteiger partial charge is 0.354 e. The fourth-order valence-electron chi connectivity index (χ4n) is 2.19. The molecule has 1 aromatic carbocycles. The molecule has 0 bridgehead atoms. The zero-order valence-corrected chi connectivity index (χ0v) is 14.2. The molecule has 2 unspecified atom stereocenters. The second kappa shape index (κ2) is 9.75. The first-order chi connectivity index (χ1) is 10.6. The highest BCUT2D eigenvalue weighted by molar-refractivity contribution is 8.00. The lowest BCUT2D eigenvalue weighted by molar-refractivity contribution is -0.128. The van der Waals surface area contributed by atoms with Crippen molar-refractivity contribution in [2.24, 2.45) is 5.73 Å². The Kier molecular flexibility index (Phi) is 8.36. The van der Waals surface area contributed by atoms with Gasteiger partial charge in [0.25, 0.3) is 0 Å². The van der Waals surface area contributed by atoms with Crippen LogP contribution in [0.5, 0.6) is 0 Å². The van der Waals surface area contributed by atoms with Crippen LogP contribution in [0.3, 0.4) is 0 Å². The second-order valence-corrected chi connectivity index (χ2v) is 6.35. The van der Waals surface area contributed by atoms with Crippen molar-refractivity contribution in [3.8, 4) is 0 Å². The van der Waals surface area contributed by atoms with Crippen LogP contribution >= 0.6 is 24.2 Å². The van der Waals surface area contributed by atoms with Gasteiger partial charge in [-0.15, -0.1) is 24.2 Å². The third kappa shape index (κ3) is 5.67. The van der Waals surface area contributed by atoms with Crippen molar-refractivity contribution in [1.82, 2.24) is 10.6 Å². The van der Waals surface area contributed by atoms with Crippen molar-refractivity contribution in [2.45, 2.75) is 24.1 Å². The van der Waals surface area contributed by atoms with E-state index in [1.165, 1.54) is 17.8 Å². The lowest BCUT2D eigenvalue weighted by Crippen LogP contribution is -2.54. The normalized spacial score (nSPS) is 20.3. The van der Waals surface area contributed by atoms with Crippen LogP contribution in [0.2, 0.25) is 0 Å². The van der Waals surface area contributed by atoms with Gasteiger partial charge in [0.15, 0.2) is 0 Å². The number of carbonyl (C=O) groups excluding carboxylic acids is 2. The number of nitrogens with two attached hydrogens (primary N) is 1. The van der Waals surface area contributed by atoms with Gasteiger partial charge in [0, 0.05) is 12.3 Å². The summed E-state index contributed by atoms with van der Waals surface area (Å²) in [6.45, 7) is 1.02. The van der Waals surface area contributed by atoms with Crippen molar-refractivity contribution >= 4 is 36.0 Å². The smallest absolute Gasteiger partial charge is 0.243 e. The third-order valence-corrected chi connectivity index (χ3v) is 4.74. The summed E-state index contributed by atoms with van der Waals surface area (Å²) in [7, 11) is 0. The van der Waals surface area contributed by atoms with Crippen LogP contribution in [0.15, 0.2) is 24.3 Å². The molecule has 1 heterocycles. The predicted molar refractivity (Wildman–Crippen MR) is 92.2 cm³/mol. The first-order valence-corrected chi connectivity index (χ1v) is 8.30. The van der Waals surface area contributed by atoms with Gasteiger partial charge in [-0.2, -0.15) is 0 Å². The molecular weight excluding hydrogens is 341 g/mol. The van der Waals surface area contributed by atoms with Gasteiger partial charge < -0.3 is 16.4 Å². The average Bonchev–Trinajstić information content (AvgIpc) is 2.51. The minimum absolute atomic E-state index is 0. The Labute approximate surface area is 145 Å². The average molecular weight is 362 g/mol. The number of benzene rings is 1. The first kappa shape index (κ1) is 19.7. The van der Waals surface area contributed by atoms with Gasteiger partial charge in [-0.1, -0.05) is 18.2 Å². The van der Waals surface area contributed by atoms with Crippen LogP contribution in [-0.4, -0.2) is 41.9 Å². The summed E-state index contributed by atoms with van der Waals surface area (Å²) in [5, 5.41) is 5.08. The fourth-order valence-corrected chi connectivity index (χ4v) is 3.36. The molecule has 1 aliphatic rings. The molecule has 1 fully saturated rings. The summed E-state index contributed by atoms with van der Waals surface area (Å²) in [4.78, 5) is 24.0. The molecule has 8 heteroatoms. The van der Waals surface area contributed by atoms with Crippen molar-refractivity contribution in [2.75, 3.05) is 18.8 Å². The molecule has 1 saturated heterocycles. The number of rotatable bonds is 6. The van der Waals surface area contributed by atoms with Crippen LogP contribution in [0.4, 0.5) is 4.39 Å². The number of halogens is 2.